The van der Waals surface area contributed by atoms with Gasteiger partial charge in [0.15, 0.2) is 0 Å². The molecule has 0 aromatic heterocycles. The van der Waals surface area contributed by atoms with Crippen LogP contribution in [0.1, 0.15) is 35.1 Å². The van der Waals surface area contributed by atoms with E-state index < -0.39 is 0 Å². The Bertz CT molecular complexity index is 490. The second kappa shape index (κ2) is 5.33. The summed E-state index contributed by atoms with van der Waals surface area (Å²) in [5.41, 5.74) is 10.8. The van der Waals surface area contributed by atoms with Gasteiger partial charge in [0.1, 0.15) is 0 Å². The van der Waals surface area contributed by atoms with Gasteiger partial charge in [-0.2, -0.15) is 0 Å². The van der Waals surface area contributed by atoms with Crippen LogP contribution in [-0.2, 0) is 11.3 Å². The van der Waals surface area contributed by atoms with E-state index in [-0.39, 0.29) is 17.9 Å². The highest BCUT2D eigenvalue weighted by atomic mass is 16.2. The Balaban J connectivity index is 2.04. The van der Waals surface area contributed by atoms with Gasteiger partial charge in [-0.05, 0) is 55.9 Å². The summed E-state index contributed by atoms with van der Waals surface area (Å²) in [6.45, 7) is 7.04. The van der Waals surface area contributed by atoms with Crippen LogP contribution in [0.4, 0.5) is 0 Å². The number of rotatable bonds is 3. The Morgan fingerprint density at radius 2 is 1.79 bits per heavy atom. The van der Waals surface area contributed by atoms with Gasteiger partial charge in [0.2, 0.25) is 5.91 Å². The second-order valence-electron chi connectivity index (χ2n) is 5.99. The van der Waals surface area contributed by atoms with E-state index >= 15 is 0 Å². The van der Waals surface area contributed by atoms with E-state index in [1.54, 1.807) is 0 Å². The molecule has 1 saturated carbocycles. The van der Waals surface area contributed by atoms with Gasteiger partial charge in [0.25, 0.3) is 0 Å². The number of amides is 1. The molecule has 1 aliphatic carbocycles. The zero-order valence-corrected chi connectivity index (χ0v) is 12.4. The summed E-state index contributed by atoms with van der Waals surface area (Å²) in [5.74, 6) is 0.381. The van der Waals surface area contributed by atoms with E-state index in [2.05, 4.69) is 32.9 Å². The highest BCUT2D eigenvalue weighted by Crippen LogP contribution is 2.28. The van der Waals surface area contributed by atoms with E-state index in [1.807, 2.05) is 11.9 Å². The molecule has 0 aliphatic heterocycles. The normalized spacial score (nSPS) is 21.9. The second-order valence-corrected chi connectivity index (χ2v) is 5.99. The zero-order valence-electron chi connectivity index (χ0n) is 12.4. The van der Waals surface area contributed by atoms with Gasteiger partial charge in [0, 0.05) is 25.6 Å². The minimum absolute atomic E-state index is 0.145. The third kappa shape index (κ3) is 2.98. The predicted molar refractivity (Wildman–Crippen MR) is 77.8 cm³/mol. The van der Waals surface area contributed by atoms with Crippen molar-refractivity contribution >= 4 is 5.91 Å². The highest BCUT2D eigenvalue weighted by molar-refractivity contribution is 5.79. The summed E-state index contributed by atoms with van der Waals surface area (Å²) in [6, 6.07) is 4.62. The Kier molecular flexibility index (Phi) is 3.95. The summed E-state index contributed by atoms with van der Waals surface area (Å²) in [7, 11) is 1.89. The van der Waals surface area contributed by atoms with Crippen molar-refractivity contribution in [2.75, 3.05) is 7.05 Å². The molecule has 0 spiro atoms. The predicted octanol–water partition coefficient (Wildman–Crippen LogP) is 2.31. The number of nitrogens with two attached hydrogens (primary N) is 1. The number of nitrogens with zero attached hydrogens (tertiary/aromatic N) is 1. The van der Waals surface area contributed by atoms with Crippen molar-refractivity contribution in [1.29, 1.82) is 0 Å². The van der Waals surface area contributed by atoms with Crippen molar-refractivity contribution in [3.05, 3.63) is 34.4 Å². The Morgan fingerprint density at radius 1 is 1.21 bits per heavy atom. The Labute approximate surface area is 115 Å². The van der Waals surface area contributed by atoms with Gasteiger partial charge >= 0.3 is 0 Å². The molecule has 0 unspecified atom stereocenters. The zero-order chi connectivity index (χ0) is 14.2. The number of benzene rings is 1. The molecular weight excluding hydrogens is 236 g/mol. The number of aryl methyl sites for hydroxylation is 3. The van der Waals surface area contributed by atoms with Gasteiger partial charge in [-0.15, -0.1) is 0 Å². The first-order valence-electron chi connectivity index (χ1n) is 6.95. The third-order valence-corrected chi connectivity index (χ3v) is 4.26. The van der Waals surface area contributed by atoms with Crippen molar-refractivity contribution in [3.8, 4) is 0 Å². The summed E-state index contributed by atoms with van der Waals surface area (Å²) in [5, 5.41) is 0. The molecule has 19 heavy (non-hydrogen) atoms. The molecule has 0 saturated heterocycles. The third-order valence-electron chi connectivity index (χ3n) is 4.26. The molecule has 1 aromatic carbocycles. The van der Waals surface area contributed by atoms with Crippen LogP contribution in [0.2, 0.25) is 0 Å². The van der Waals surface area contributed by atoms with Gasteiger partial charge in [-0.3, -0.25) is 4.79 Å². The van der Waals surface area contributed by atoms with Crippen LogP contribution in [0, 0.1) is 26.7 Å². The Hall–Kier alpha value is -1.35. The number of hydrogen-bond acceptors (Lipinski definition) is 2. The molecule has 3 nitrogen and oxygen atoms in total. The van der Waals surface area contributed by atoms with Crippen LogP contribution in [0.15, 0.2) is 12.1 Å². The molecule has 104 valence electrons. The van der Waals surface area contributed by atoms with E-state index in [4.69, 9.17) is 5.73 Å². The first-order chi connectivity index (χ1) is 8.88. The molecule has 2 N–H and O–H groups in total. The molecule has 1 amide bonds. The molecule has 1 aromatic rings. The maximum atomic E-state index is 12.2. The number of hydrogen-bond donors (Lipinski definition) is 1. The molecule has 0 bridgehead atoms. The molecule has 0 atom stereocenters. The lowest BCUT2D eigenvalue weighted by atomic mass is 9.80. The van der Waals surface area contributed by atoms with Crippen LogP contribution in [0.25, 0.3) is 0 Å². The van der Waals surface area contributed by atoms with Crippen molar-refractivity contribution in [2.24, 2.45) is 11.7 Å². The van der Waals surface area contributed by atoms with E-state index in [9.17, 15) is 4.79 Å². The molecule has 1 fully saturated rings. The smallest absolute Gasteiger partial charge is 0.225 e. The monoisotopic (exact) mass is 260 g/mol. The first-order valence-corrected chi connectivity index (χ1v) is 6.95. The largest absolute Gasteiger partial charge is 0.341 e. The fourth-order valence-electron chi connectivity index (χ4n) is 2.70. The molecule has 0 heterocycles. The number of carbonyl (C=O) groups is 1. The minimum Gasteiger partial charge on any atom is -0.341 e. The quantitative estimate of drug-likeness (QED) is 0.906. The maximum Gasteiger partial charge on any atom is 0.225 e. The van der Waals surface area contributed by atoms with Gasteiger partial charge in [-0.1, -0.05) is 12.1 Å². The molecule has 3 heteroatoms. The van der Waals surface area contributed by atoms with E-state index in [1.165, 1.54) is 22.3 Å². The summed E-state index contributed by atoms with van der Waals surface area (Å²) in [4.78, 5) is 14.0. The molecular formula is C16H24N2O. The number of carbonyl (C=O) groups excluding carboxylic acids is 1. The van der Waals surface area contributed by atoms with Gasteiger partial charge in [0.05, 0.1) is 0 Å². The summed E-state index contributed by atoms with van der Waals surface area (Å²) >= 11 is 0. The lowest BCUT2D eigenvalue weighted by molar-refractivity contribution is -0.137. The molecule has 0 radical (unpaired) electrons. The van der Waals surface area contributed by atoms with Gasteiger partial charge < -0.3 is 10.6 Å². The standard InChI is InChI=1S/C16H24N2O/c1-10-5-12(3)14(6-11(10)2)9-18(4)16(19)13-7-15(17)8-13/h5-6,13,15H,7-9,17H2,1-4H3. The van der Waals surface area contributed by atoms with Crippen molar-refractivity contribution in [3.63, 3.8) is 0 Å². The van der Waals surface area contributed by atoms with E-state index in [0.29, 0.717) is 6.54 Å². The maximum absolute atomic E-state index is 12.2. The van der Waals surface area contributed by atoms with Crippen LogP contribution < -0.4 is 5.73 Å². The molecule has 1 aliphatic rings. The van der Waals surface area contributed by atoms with Crippen LogP contribution in [0.3, 0.4) is 0 Å². The fraction of sp³-hybridized carbons (Fsp3) is 0.562. The lowest BCUT2D eigenvalue weighted by Gasteiger charge is -2.34. The van der Waals surface area contributed by atoms with E-state index in [0.717, 1.165) is 12.8 Å². The molecule has 2 rings (SSSR count). The van der Waals surface area contributed by atoms with Crippen LogP contribution >= 0.6 is 0 Å². The highest BCUT2D eigenvalue weighted by Gasteiger charge is 2.33. The van der Waals surface area contributed by atoms with Crippen LogP contribution in [-0.4, -0.2) is 23.9 Å². The first kappa shape index (κ1) is 14.1. The van der Waals surface area contributed by atoms with Crippen molar-refractivity contribution in [2.45, 2.75) is 46.2 Å². The SMILES string of the molecule is Cc1cc(C)c(CN(C)C(=O)C2CC(N)C2)cc1C. The van der Waals surface area contributed by atoms with Crippen LogP contribution in [0.5, 0.6) is 0 Å². The van der Waals surface area contributed by atoms with Crippen molar-refractivity contribution < 1.29 is 4.79 Å². The topological polar surface area (TPSA) is 46.3 Å². The average Bonchev–Trinajstić information content (AvgIpc) is 2.31. The summed E-state index contributed by atoms with van der Waals surface area (Å²) < 4.78 is 0. The average molecular weight is 260 g/mol. The summed E-state index contributed by atoms with van der Waals surface area (Å²) in [6.07, 6.45) is 1.68. The van der Waals surface area contributed by atoms with Crippen molar-refractivity contribution in [1.82, 2.24) is 4.90 Å². The fourth-order valence-corrected chi connectivity index (χ4v) is 2.70. The Morgan fingerprint density at radius 3 is 2.37 bits per heavy atom. The minimum atomic E-state index is 0.145. The lowest BCUT2D eigenvalue weighted by Crippen LogP contribution is -2.45. The van der Waals surface area contributed by atoms with Gasteiger partial charge in [-0.25, -0.2) is 0 Å².